The third-order valence-corrected chi connectivity index (χ3v) is 1.88. The molecule has 0 bridgehead atoms. The maximum Gasteiger partial charge on any atom is 0.156 e. The maximum atomic E-state index is 10.6. The first-order valence-corrected chi connectivity index (χ1v) is 4.47. The molecule has 0 spiro atoms. The van der Waals surface area contributed by atoms with E-state index in [1.54, 1.807) is 0 Å². The Balaban J connectivity index is 2.75. The molecule has 0 radical (unpaired) electrons. The number of nitrogens with zero attached hydrogens (tertiary/aromatic N) is 2. The van der Waals surface area contributed by atoms with Crippen LogP contribution in [0, 0.1) is 0 Å². The van der Waals surface area contributed by atoms with Gasteiger partial charge in [-0.3, -0.25) is 4.79 Å². The summed E-state index contributed by atoms with van der Waals surface area (Å²) in [6.45, 7) is 0.618. The predicted octanol–water partition coefficient (Wildman–Crippen LogP) is 0.737. The molecule has 0 amide bonds. The van der Waals surface area contributed by atoms with Crippen molar-refractivity contribution >= 4 is 23.7 Å². The number of rotatable bonds is 5. The van der Waals surface area contributed by atoms with Gasteiger partial charge in [-0.05, 0) is 6.42 Å². The number of hydrogen-bond acceptors (Lipinski definition) is 5. The Hall–Kier alpha value is -1.20. The molecule has 2 N–H and O–H groups in total. The molecule has 0 fully saturated rings. The monoisotopic (exact) mass is 215 g/mol. The molecule has 14 heavy (non-hydrogen) atoms. The van der Waals surface area contributed by atoms with Crippen LogP contribution in [0.5, 0.6) is 0 Å². The number of aromatic nitrogens is 2. The van der Waals surface area contributed by atoms with Gasteiger partial charge in [0.05, 0.1) is 5.56 Å². The van der Waals surface area contributed by atoms with Gasteiger partial charge in [0.1, 0.15) is 17.3 Å². The average molecular weight is 216 g/mol. The topological polar surface area (TPSA) is 75.1 Å². The highest BCUT2D eigenvalue weighted by atomic mass is 35.5. The molecule has 0 aliphatic rings. The van der Waals surface area contributed by atoms with Crippen LogP contribution in [-0.4, -0.2) is 34.5 Å². The molecular formula is C8H10ClN3O2. The highest BCUT2D eigenvalue weighted by molar-refractivity contribution is 6.32. The molecule has 0 saturated heterocycles. The molecule has 0 aliphatic carbocycles. The SMILES string of the molecule is O=Cc1c(Cl)ncnc1NCCCO. The molecule has 1 heterocycles. The first-order valence-electron chi connectivity index (χ1n) is 4.10. The van der Waals surface area contributed by atoms with Gasteiger partial charge in [0, 0.05) is 13.2 Å². The van der Waals surface area contributed by atoms with Crippen molar-refractivity contribution in [1.29, 1.82) is 0 Å². The number of aldehydes is 1. The Morgan fingerprint density at radius 2 is 2.36 bits per heavy atom. The lowest BCUT2D eigenvalue weighted by molar-refractivity contribution is 0.112. The second-order valence-electron chi connectivity index (χ2n) is 2.55. The van der Waals surface area contributed by atoms with Crippen LogP contribution in [0.15, 0.2) is 6.33 Å². The van der Waals surface area contributed by atoms with E-state index >= 15 is 0 Å². The zero-order chi connectivity index (χ0) is 10.4. The summed E-state index contributed by atoms with van der Waals surface area (Å²) in [7, 11) is 0. The number of halogens is 1. The van der Waals surface area contributed by atoms with Crippen molar-refractivity contribution in [2.24, 2.45) is 0 Å². The molecule has 0 aromatic carbocycles. The Morgan fingerprint density at radius 3 is 3.00 bits per heavy atom. The van der Waals surface area contributed by atoms with E-state index in [4.69, 9.17) is 16.7 Å². The fourth-order valence-corrected chi connectivity index (χ4v) is 1.08. The van der Waals surface area contributed by atoms with Crippen LogP contribution in [0.25, 0.3) is 0 Å². The standard InChI is InChI=1S/C8H10ClN3O2/c9-7-6(4-14)8(12-5-11-7)10-2-1-3-13/h4-5,13H,1-3H2,(H,10,11,12). The van der Waals surface area contributed by atoms with E-state index in [1.165, 1.54) is 6.33 Å². The summed E-state index contributed by atoms with van der Waals surface area (Å²) in [6.07, 6.45) is 2.46. The summed E-state index contributed by atoms with van der Waals surface area (Å²) in [5.41, 5.74) is 0.243. The number of nitrogens with one attached hydrogen (secondary N) is 1. The van der Waals surface area contributed by atoms with Crippen molar-refractivity contribution in [1.82, 2.24) is 9.97 Å². The number of aliphatic hydroxyl groups excluding tert-OH is 1. The van der Waals surface area contributed by atoms with E-state index in [9.17, 15) is 4.79 Å². The lowest BCUT2D eigenvalue weighted by Crippen LogP contribution is -2.08. The summed E-state index contributed by atoms with van der Waals surface area (Å²) >= 11 is 5.67. The Morgan fingerprint density at radius 1 is 1.57 bits per heavy atom. The fraction of sp³-hybridized carbons (Fsp3) is 0.375. The van der Waals surface area contributed by atoms with Gasteiger partial charge >= 0.3 is 0 Å². The van der Waals surface area contributed by atoms with Crippen LogP contribution in [0.4, 0.5) is 5.82 Å². The maximum absolute atomic E-state index is 10.6. The Bertz CT molecular complexity index is 319. The second-order valence-corrected chi connectivity index (χ2v) is 2.91. The number of anilines is 1. The second kappa shape index (κ2) is 5.51. The minimum Gasteiger partial charge on any atom is -0.396 e. The van der Waals surface area contributed by atoms with E-state index in [2.05, 4.69) is 15.3 Å². The summed E-state index contributed by atoms with van der Waals surface area (Å²) in [5, 5.41) is 11.6. The van der Waals surface area contributed by atoms with Gasteiger partial charge in [-0.25, -0.2) is 9.97 Å². The first-order chi connectivity index (χ1) is 6.79. The number of aliphatic hydroxyl groups is 1. The predicted molar refractivity (Wildman–Crippen MR) is 52.6 cm³/mol. The van der Waals surface area contributed by atoms with Crippen LogP contribution in [0.3, 0.4) is 0 Å². The minimum atomic E-state index is 0.0856. The van der Waals surface area contributed by atoms with Gasteiger partial charge in [0.2, 0.25) is 0 Å². The molecular weight excluding hydrogens is 206 g/mol. The molecule has 1 aromatic heterocycles. The lowest BCUT2D eigenvalue weighted by Gasteiger charge is -2.06. The van der Waals surface area contributed by atoms with Gasteiger partial charge < -0.3 is 10.4 Å². The van der Waals surface area contributed by atoms with E-state index in [-0.39, 0.29) is 17.3 Å². The number of carbonyl (C=O) groups is 1. The zero-order valence-electron chi connectivity index (χ0n) is 7.40. The van der Waals surface area contributed by atoms with Crippen LogP contribution < -0.4 is 5.32 Å². The van der Waals surface area contributed by atoms with Crippen molar-refractivity contribution in [2.45, 2.75) is 6.42 Å². The van der Waals surface area contributed by atoms with Crippen molar-refractivity contribution < 1.29 is 9.90 Å². The molecule has 0 saturated carbocycles. The molecule has 1 rings (SSSR count). The van der Waals surface area contributed by atoms with Crippen molar-refractivity contribution in [3.63, 3.8) is 0 Å². The van der Waals surface area contributed by atoms with E-state index in [1.807, 2.05) is 0 Å². The highest BCUT2D eigenvalue weighted by Crippen LogP contribution is 2.16. The van der Waals surface area contributed by atoms with Gasteiger partial charge in [-0.2, -0.15) is 0 Å². The van der Waals surface area contributed by atoms with Gasteiger partial charge in [-0.15, -0.1) is 0 Å². The zero-order valence-corrected chi connectivity index (χ0v) is 8.16. The van der Waals surface area contributed by atoms with Crippen molar-refractivity contribution in [3.05, 3.63) is 17.0 Å². The normalized spacial score (nSPS) is 9.86. The first kappa shape index (κ1) is 10.9. The molecule has 1 aromatic rings. The summed E-state index contributed by atoms with van der Waals surface area (Å²) in [6, 6.07) is 0. The van der Waals surface area contributed by atoms with Crippen LogP contribution >= 0.6 is 11.6 Å². The average Bonchev–Trinajstić information content (AvgIpc) is 2.18. The lowest BCUT2D eigenvalue weighted by atomic mass is 10.3. The third kappa shape index (κ3) is 2.65. The molecule has 6 heteroatoms. The Labute approximate surface area is 86.1 Å². The molecule has 5 nitrogen and oxygen atoms in total. The van der Waals surface area contributed by atoms with Crippen LogP contribution in [-0.2, 0) is 0 Å². The largest absolute Gasteiger partial charge is 0.396 e. The molecule has 76 valence electrons. The number of carbonyl (C=O) groups excluding carboxylic acids is 1. The number of hydrogen-bond donors (Lipinski definition) is 2. The quantitative estimate of drug-likeness (QED) is 0.431. The van der Waals surface area contributed by atoms with E-state index in [0.717, 1.165) is 0 Å². The smallest absolute Gasteiger partial charge is 0.156 e. The van der Waals surface area contributed by atoms with E-state index in [0.29, 0.717) is 25.1 Å². The van der Waals surface area contributed by atoms with Gasteiger partial charge in [-0.1, -0.05) is 11.6 Å². The summed E-state index contributed by atoms with van der Waals surface area (Å²) in [5.74, 6) is 0.397. The van der Waals surface area contributed by atoms with Crippen LogP contribution in [0.2, 0.25) is 5.15 Å². The minimum absolute atomic E-state index is 0.0856. The fourth-order valence-electron chi connectivity index (χ4n) is 0.905. The van der Waals surface area contributed by atoms with E-state index < -0.39 is 0 Å². The van der Waals surface area contributed by atoms with Crippen molar-refractivity contribution in [3.8, 4) is 0 Å². The van der Waals surface area contributed by atoms with Crippen molar-refractivity contribution in [2.75, 3.05) is 18.5 Å². The summed E-state index contributed by atoms with van der Waals surface area (Å²) < 4.78 is 0. The third-order valence-electron chi connectivity index (χ3n) is 1.58. The Kier molecular flexibility index (Phi) is 4.28. The molecule has 0 atom stereocenters. The van der Waals surface area contributed by atoms with Crippen LogP contribution in [0.1, 0.15) is 16.8 Å². The molecule has 0 unspecified atom stereocenters. The van der Waals surface area contributed by atoms with Gasteiger partial charge in [0.25, 0.3) is 0 Å². The highest BCUT2D eigenvalue weighted by Gasteiger charge is 2.07. The van der Waals surface area contributed by atoms with Gasteiger partial charge in [0.15, 0.2) is 6.29 Å². The molecule has 0 aliphatic heterocycles. The summed E-state index contributed by atoms with van der Waals surface area (Å²) in [4.78, 5) is 18.2.